The number of para-hydroxylation sites is 1. The van der Waals surface area contributed by atoms with Crippen molar-refractivity contribution in [3.05, 3.63) is 39.4 Å². The van der Waals surface area contributed by atoms with Gasteiger partial charge in [-0.2, -0.15) is 0 Å². The smallest absolute Gasteiger partial charge is 0.262 e. The quantitative estimate of drug-likeness (QED) is 0.728. The van der Waals surface area contributed by atoms with Crippen LogP contribution in [0.5, 0.6) is 0 Å². The molecule has 0 atom stereocenters. The molecule has 0 saturated carbocycles. The third kappa shape index (κ3) is 1.32. The Balaban J connectivity index is 2.37. The van der Waals surface area contributed by atoms with Crippen LogP contribution in [0.3, 0.4) is 0 Å². The van der Waals surface area contributed by atoms with Gasteiger partial charge in [-0.15, -0.1) is 0 Å². The number of aromatic nitrogens is 2. The molecule has 2 N–H and O–H groups in total. The van der Waals surface area contributed by atoms with Gasteiger partial charge in [-0.25, -0.2) is 0 Å². The number of H-pyrrole nitrogens is 1. The summed E-state index contributed by atoms with van der Waals surface area (Å²) in [5, 5.41) is 3.84. The summed E-state index contributed by atoms with van der Waals surface area (Å²) in [6, 6.07) is 7.65. The summed E-state index contributed by atoms with van der Waals surface area (Å²) in [7, 11) is 0. The first kappa shape index (κ1) is 9.74. The Bertz CT molecular complexity index is 654. The summed E-state index contributed by atoms with van der Waals surface area (Å²) >= 11 is 5.22. The van der Waals surface area contributed by atoms with E-state index < -0.39 is 0 Å². The van der Waals surface area contributed by atoms with Gasteiger partial charge >= 0.3 is 0 Å². The standard InChI is InChI=1S/C11H11N3OS/c15-10-8-3-1-2-4-9(8)13-11(16)14(10)7-5-12-6-7/h1-4,7,12H,5-6H2,(H,13,16). The molecule has 1 fully saturated rings. The summed E-state index contributed by atoms with van der Waals surface area (Å²) in [5.74, 6) is 0. The predicted octanol–water partition coefficient (Wildman–Crippen LogP) is 1.20. The second-order valence-electron chi connectivity index (χ2n) is 3.96. The van der Waals surface area contributed by atoms with Gasteiger partial charge in [-0.1, -0.05) is 12.1 Å². The molecule has 0 aliphatic carbocycles. The first-order valence-electron chi connectivity index (χ1n) is 5.21. The lowest BCUT2D eigenvalue weighted by atomic mass is 10.1. The first-order valence-corrected chi connectivity index (χ1v) is 5.62. The van der Waals surface area contributed by atoms with Crippen LogP contribution in [0.2, 0.25) is 0 Å². The van der Waals surface area contributed by atoms with Crippen LogP contribution in [0.4, 0.5) is 0 Å². The molecule has 1 aromatic carbocycles. The second kappa shape index (κ2) is 3.54. The number of aromatic amines is 1. The number of nitrogens with one attached hydrogen (secondary N) is 2. The van der Waals surface area contributed by atoms with Crippen molar-refractivity contribution in [2.24, 2.45) is 0 Å². The van der Waals surface area contributed by atoms with E-state index in [1.54, 1.807) is 4.57 Å². The molecule has 1 aromatic heterocycles. The number of hydrogen-bond acceptors (Lipinski definition) is 3. The summed E-state index contributed by atoms with van der Waals surface area (Å²) in [5.41, 5.74) is 0.812. The monoisotopic (exact) mass is 233 g/mol. The lowest BCUT2D eigenvalue weighted by Crippen LogP contribution is -2.47. The highest BCUT2D eigenvalue weighted by Crippen LogP contribution is 2.12. The average Bonchev–Trinajstić information content (AvgIpc) is 2.21. The first-order chi connectivity index (χ1) is 7.77. The van der Waals surface area contributed by atoms with Crippen molar-refractivity contribution in [1.82, 2.24) is 14.9 Å². The number of rotatable bonds is 1. The minimum atomic E-state index is 0.00542. The van der Waals surface area contributed by atoms with Crippen LogP contribution in [0.25, 0.3) is 10.9 Å². The number of benzene rings is 1. The van der Waals surface area contributed by atoms with Crippen molar-refractivity contribution in [2.45, 2.75) is 6.04 Å². The molecule has 0 unspecified atom stereocenters. The summed E-state index contributed by atoms with van der Waals surface area (Å²) in [6.07, 6.45) is 0. The fourth-order valence-electron chi connectivity index (χ4n) is 1.96. The van der Waals surface area contributed by atoms with Crippen molar-refractivity contribution in [3.63, 3.8) is 0 Å². The minimum absolute atomic E-state index is 0.00542. The van der Waals surface area contributed by atoms with Crippen molar-refractivity contribution in [3.8, 4) is 0 Å². The summed E-state index contributed by atoms with van der Waals surface area (Å²) < 4.78 is 2.18. The second-order valence-corrected chi connectivity index (χ2v) is 4.35. The van der Waals surface area contributed by atoms with Crippen molar-refractivity contribution >= 4 is 23.1 Å². The fourth-order valence-corrected chi connectivity index (χ4v) is 2.31. The highest BCUT2D eigenvalue weighted by atomic mass is 32.1. The molecule has 2 aromatic rings. The maximum atomic E-state index is 12.2. The molecular weight excluding hydrogens is 222 g/mol. The van der Waals surface area contributed by atoms with E-state index in [2.05, 4.69) is 10.3 Å². The molecule has 1 aliphatic heterocycles. The van der Waals surface area contributed by atoms with Crippen molar-refractivity contribution < 1.29 is 0 Å². The number of nitrogens with zero attached hydrogens (tertiary/aromatic N) is 1. The molecule has 0 bridgehead atoms. The molecule has 82 valence electrons. The van der Waals surface area contributed by atoms with Gasteiger partial charge in [0, 0.05) is 13.1 Å². The van der Waals surface area contributed by atoms with Crippen molar-refractivity contribution in [2.75, 3.05) is 13.1 Å². The van der Waals surface area contributed by atoms with E-state index in [1.807, 2.05) is 24.3 Å². The SMILES string of the molecule is O=c1c2ccccc2[nH]c(=S)n1C1CNC1. The van der Waals surface area contributed by atoms with Gasteiger partial charge in [-0.3, -0.25) is 9.36 Å². The van der Waals surface area contributed by atoms with Crippen LogP contribution in [-0.2, 0) is 0 Å². The van der Waals surface area contributed by atoms with Crippen LogP contribution < -0.4 is 10.9 Å². The van der Waals surface area contributed by atoms with E-state index in [9.17, 15) is 4.79 Å². The highest BCUT2D eigenvalue weighted by molar-refractivity contribution is 7.71. The summed E-state index contributed by atoms with van der Waals surface area (Å²) in [6.45, 7) is 1.63. The molecule has 0 amide bonds. The number of fused-ring (bicyclic) bond motifs is 1. The lowest BCUT2D eigenvalue weighted by Gasteiger charge is -2.29. The zero-order valence-corrected chi connectivity index (χ0v) is 9.38. The Morgan fingerprint density at radius 2 is 2.06 bits per heavy atom. The van der Waals surface area contributed by atoms with E-state index in [1.165, 1.54) is 0 Å². The molecule has 1 saturated heterocycles. The van der Waals surface area contributed by atoms with Crippen LogP contribution in [0.1, 0.15) is 6.04 Å². The Labute approximate surface area is 96.9 Å². The molecule has 5 heteroatoms. The Hall–Kier alpha value is -1.46. The van der Waals surface area contributed by atoms with Crippen LogP contribution in [0, 0.1) is 4.77 Å². The van der Waals surface area contributed by atoms with Gasteiger partial charge in [0.15, 0.2) is 4.77 Å². The third-order valence-electron chi connectivity index (χ3n) is 2.96. The zero-order valence-electron chi connectivity index (χ0n) is 8.56. The molecule has 16 heavy (non-hydrogen) atoms. The molecule has 0 radical (unpaired) electrons. The van der Waals surface area contributed by atoms with E-state index in [-0.39, 0.29) is 11.6 Å². The Morgan fingerprint density at radius 3 is 2.75 bits per heavy atom. The minimum Gasteiger partial charge on any atom is -0.332 e. The lowest BCUT2D eigenvalue weighted by molar-refractivity contribution is 0.331. The van der Waals surface area contributed by atoms with Crippen molar-refractivity contribution in [1.29, 1.82) is 0 Å². The van der Waals surface area contributed by atoms with Gasteiger partial charge in [0.2, 0.25) is 0 Å². The Kier molecular flexibility index (Phi) is 2.15. The topological polar surface area (TPSA) is 49.8 Å². The van der Waals surface area contributed by atoms with Crippen LogP contribution >= 0.6 is 12.2 Å². The molecule has 1 aliphatic rings. The molecule has 0 spiro atoms. The number of hydrogen-bond donors (Lipinski definition) is 2. The van der Waals surface area contributed by atoms with E-state index in [0.29, 0.717) is 10.2 Å². The third-order valence-corrected chi connectivity index (χ3v) is 3.26. The van der Waals surface area contributed by atoms with Gasteiger partial charge in [0.1, 0.15) is 0 Å². The molecular formula is C11H11N3OS. The van der Waals surface area contributed by atoms with Gasteiger partial charge in [0.05, 0.1) is 16.9 Å². The highest BCUT2D eigenvalue weighted by Gasteiger charge is 2.21. The molecule has 3 rings (SSSR count). The predicted molar refractivity (Wildman–Crippen MR) is 65.3 cm³/mol. The zero-order chi connectivity index (χ0) is 11.1. The van der Waals surface area contributed by atoms with Gasteiger partial charge in [-0.05, 0) is 24.4 Å². The van der Waals surface area contributed by atoms with E-state index >= 15 is 0 Å². The average molecular weight is 233 g/mol. The normalized spacial score (nSPS) is 16.2. The van der Waals surface area contributed by atoms with Gasteiger partial charge < -0.3 is 10.3 Å². The molecule has 2 heterocycles. The van der Waals surface area contributed by atoms with E-state index in [0.717, 1.165) is 18.6 Å². The summed E-state index contributed by atoms with van der Waals surface area (Å²) in [4.78, 5) is 15.3. The largest absolute Gasteiger partial charge is 0.332 e. The maximum absolute atomic E-state index is 12.2. The fraction of sp³-hybridized carbons (Fsp3) is 0.273. The van der Waals surface area contributed by atoms with E-state index in [4.69, 9.17) is 12.2 Å². The molecule has 4 nitrogen and oxygen atoms in total. The maximum Gasteiger partial charge on any atom is 0.262 e. The Morgan fingerprint density at radius 1 is 1.31 bits per heavy atom. The van der Waals surface area contributed by atoms with Gasteiger partial charge in [0.25, 0.3) is 5.56 Å². The van der Waals surface area contributed by atoms with Crippen LogP contribution in [-0.4, -0.2) is 22.6 Å². The van der Waals surface area contributed by atoms with Crippen LogP contribution in [0.15, 0.2) is 29.1 Å².